The molecule has 0 saturated carbocycles. The van der Waals surface area contributed by atoms with Gasteiger partial charge in [0, 0.05) is 22.4 Å². The van der Waals surface area contributed by atoms with Crippen molar-refractivity contribution < 1.29 is 0 Å². The lowest BCUT2D eigenvalue weighted by Crippen LogP contribution is -1.99. The molecule has 1 nitrogen and oxygen atoms in total. The van der Waals surface area contributed by atoms with Crippen molar-refractivity contribution in [1.82, 2.24) is 4.57 Å². The molecule has 0 bridgehead atoms. The molecule has 7 rings (SSSR count). The first-order valence-corrected chi connectivity index (χ1v) is 11.2. The molecule has 150 valence electrons. The number of hydrogen-bond acceptors (Lipinski definition) is 0. The Labute approximate surface area is 187 Å². The van der Waals surface area contributed by atoms with Crippen LogP contribution in [-0.4, -0.2) is 4.57 Å². The molecule has 1 aromatic heterocycles. The zero-order valence-electron chi connectivity index (χ0n) is 17.6. The van der Waals surface area contributed by atoms with Gasteiger partial charge in [0.2, 0.25) is 0 Å². The van der Waals surface area contributed by atoms with Crippen molar-refractivity contribution in [2.24, 2.45) is 0 Å². The van der Waals surface area contributed by atoms with Gasteiger partial charge in [-0.1, -0.05) is 91.0 Å². The highest BCUT2D eigenvalue weighted by atomic mass is 15.0. The number of para-hydroxylation sites is 2. The van der Waals surface area contributed by atoms with E-state index >= 15 is 0 Å². The van der Waals surface area contributed by atoms with Crippen LogP contribution in [0.4, 0.5) is 0 Å². The lowest BCUT2D eigenvalue weighted by atomic mass is 9.89. The summed E-state index contributed by atoms with van der Waals surface area (Å²) in [7, 11) is 0. The lowest BCUT2D eigenvalue weighted by molar-refractivity contribution is 1.01. The molecule has 0 aliphatic heterocycles. The van der Waals surface area contributed by atoms with Crippen LogP contribution in [0.3, 0.4) is 0 Å². The van der Waals surface area contributed by atoms with Gasteiger partial charge in [0.05, 0.1) is 11.0 Å². The second kappa shape index (κ2) is 6.70. The van der Waals surface area contributed by atoms with Crippen LogP contribution in [0.2, 0.25) is 0 Å². The van der Waals surface area contributed by atoms with Crippen LogP contribution >= 0.6 is 0 Å². The number of fused-ring (bicyclic) bond motifs is 6. The van der Waals surface area contributed by atoms with Gasteiger partial charge in [-0.3, -0.25) is 0 Å². The predicted molar refractivity (Wildman–Crippen MR) is 134 cm³/mol. The van der Waals surface area contributed by atoms with Crippen LogP contribution in [0.25, 0.3) is 38.6 Å². The molecular formula is C31H21N. The number of nitrogens with zero attached hydrogens (tertiary/aromatic N) is 1. The van der Waals surface area contributed by atoms with E-state index in [0.29, 0.717) is 0 Å². The van der Waals surface area contributed by atoms with Gasteiger partial charge in [-0.2, -0.15) is 0 Å². The summed E-state index contributed by atoms with van der Waals surface area (Å²) in [6.07, 6.45) is 0. The third kappa shape index (κ3) is 2.39. The molecule has 0 amide bonds. The van der Waals surface area contributed by atoms with Crippen LogP contribution in [-0.2, 0) is 0 Å². The maximum Gasteiger partial charge on any atom is 0.0544 e. The van der Waals surface area contributed by atoms with Crippen molar-refractivity contribution in [3.8, 4) is 16.8 Å². The molecule has 0 saturated heterocycles. The lowest BCUT2D eigenvalue weighted by Gasteiger charge is -2.15. The van der Waals surface area contributed by atoms with Gasteiger partial charge in [-0.15, -0.1) is 0 Å². The van der Waals surface area contributed by atoms with E-state index in [1.165, 1.54) is 55.3 Å². The summed E-state index contributed by atoms with van der Waals surface area (Å²) in [5, 5.41) is 2.61. The van der Waals surface area contributed by atoms with Crippen LogP contribution in [0.5, 0.6) is 0 Å². The maximum absolute atomic E-state index is 2.44. The minimum Gasteiger partial charge on any atom is -0.309 e. The molecule has 0 spiro atoms. The molecule has 1 heterocycles. The number of benzene rings is 5. The maximum atomic E-state index is 2.44. The number of hydrogen-bond donors (Lipinski definition) is 0. The largest absolute Gasteiger partial charge is 0.309 e. The van der Waals surface area contributed by atoms with Crippen LogP contribution in [0.1, 0.15) is 22.6 Å². The van der Waals surface area contributed by atoms with E-state index in [0.717, 1.165) is 0 Å². The van der Waals surface area contributed by atoms with E-state index in [2.05, 4.69) is 126 Å². The Morgan fingerprint density at radius 3 is 2.00 bits per heavy atom. The minimum atomic E-state index is 0.258. The van der Waals surface area contributed by atoms with E-state index in [9.17, 15) is 0 Å². The molecule has 0 fully saturated rings. The fraction of sp³-hybridized carbons (Fsp3) is 0.0323. The molecule has 0 N–H and O–H groups in total. The Hall–Kier alpha value is -4.10. The first-order valence-electron chi connectivity index (χ1n) is 11.2. The Balaban J connectivity index is 1.61. The summed E-state index contributed by atoms with van der Waals surface area (Å²) in [4.78, 5) is 0. The summed E-state index contributed by atoms with van der Waals surface area (Å²) in [6, 6.07) is 44.1. The van der Waals surface area contributed by atoms with Crippen molar-refractivity contribution in [3.05, 3.63) is 138 Å². The molecule has 1 aliphatic rings. The van der Waals surface area contributed by atoms with Crippen LogP contribution in [0, 0.1) is 0 Å². The van der Waals surface area contributed by atoms with Crippen molar-refractivity contribution in [1.29, 1.82) is 0 Å². The standard InChI is InChI=1S/C31H21N/c1-3-11-21(12-4-1)31-25-17-8-7-15-23(25)26-19-27-24-16-9-10-18-29(24)32(30(27)20-28(26)31)22-13-5-2-6-14-22/h1-20,31H. The van der Waals surface area contributed by atoms with Crippen LogP contribution in [0.15, 0.2) is 121 Å². The van der Waals surface area contributed by atoms with Gasteiger partial charge in [-0.25, -0.2) is 0 Å². The third-order valence-corrected chi connectivity index (χ3v) is 6.86. The number of aromatic nitrogens is 1. The van der Waals surface area contributed by atoms with E-state index < -0.39 is 0 Å². The van der Waals surface area contributed by atoms with Gasteiger partial charge >= 0.3 is 0 Å². The summed E-state index contributed by atoms with van der Waals surface area (Å²) >= 11 is 0. The van der Waals surface area contributed by atoms with Gasteiger partial charge in [-0.05, 0) is 58.1 Å². The van der Waals surface area contributed by atoms with Gasteiger partial charge in [0.25, 0.3) is 0 Å². The molecule has 1 heteroatoms. The molecular weight excluding hydrogens is 386 g/mol. The monoisotopic (exact) mass is 407 g/mol. The van der Waals surface area contributed by atoms with Crippen LogP contribution < -0.4 is 0 Å². The first kappa shape index (κ1) is 17.6. The normalized spacial score (nSPS) is 14.6. The second-order valence-corrected chi connectivity index (χ2v) is 8.58. The zero-order valence-corrected chi connectivity index (χ0v) is 17.6. The summed E-state index contributed by atoms with van der Waals surface area (Å²) < 4.78 is 2.41. The van der Waals surface area contributed by atoms with E-state index in [4.69, 9.17) is 0 Å². The van der Waals surface area contributed by atoms with E-state index in [1.54, 1.807) is 0 Å². The highest BCUT2D eigenvalue weighted by Crippen LogP contribution is 2.50. The molecule has 1 atom stereocenters. The molecule has 0 radical (unpaired) electrons. The van der Waals surface area contributed by atoms with E-state index in [1.807, 2.05) is 0 Å². The van der Waals surface area contributed by atoms with Crippen molar-refractivity contribution in [2.75, 3.05) is 0 Å². The van der Waals surface area contributed by atoms with Gasteiger partial charge in [0.15, 0.2) is 0 Å². The smallest absolute Gasteiger partial charge is 0.0544 e. The first-order chi connectivity index (χ1) is 15.9. The van der Waals surface area contributed by atoms with Crippen molar-refractivity contribution in [2.45, 2.75) is 5.92 Å². The Morgan fingerprint density at radius 2 is 1.16 bits per heavy atom. The Kier molecular flexibility index (Phi) is 3.68. The average molecular weight is 408 g/mol. The quantitative estimate of drug-likeness (QED) is 0.274. The fourth-order valence-electron chi connectivity index (χ4n) is 5.52. The number of rotatable bonds is 2. The topological polar surface area (TPSA) is 4.93 Å². The minimum absolute atomic E-state index is 0.258. The highest BCUT2D eigenvalue weighted by Gasteiger charge is 2.31. The van der Waals surface area contributed by atoms with Crippen molar-refractivity contribution >= 4 is 21.8 Å². The third-order valence-electron chi connectivity index (χ3n) is 6.86. The second-order valence-electron chi connectivity index (χ2n) is 8.58. The molecule has 1 aliphatic carbocycles. The zero-order chi connectivity index (χ0) is 21.1. The van der Waals surface area contributed by atoms with Gasteiger partial charge in [0.1, 0.15) is 0 Å². The summed E-state index contributed by atoms with van der Waals surface area (Å²) in [5.41, 5.74) is 10.6. The summed E-state index contributed by atoms with van der Waals surface area (Å²) in [5.74, 6) is 0.258. The molecule has 1 unspecified atom stereocenters. The van der Waals surface area contributed by atoms with Gasteiger partial charge < -0.3 is 4.57 Å². The molecule has 5 aromatic carbocycles. The average Bonchev–Trinajstić information content (AvgIpc) is 3.36. The highest BCUT2D eigenvalue weighted by molar-refractivity contribution is 6.11. The fourth-order valence-corrected chi connectivity index (χ4v) is 5.52. The Bertz CT molecular complexity index is 1610. The summed E-state index contributed by atoms with van der Waals surface area (Å²) in [6.45, 7) is 0. The molecule has 6 aromatic rings. The van der Waals surface area contributed by atoms with E-state index in [-0.39, 0.29) is 5.92 Å². The SMILES string of the molecule is c1ccc(C2c3ccccc3-c3cc4c5ccccc5n(-c5ccccc5)c4cc32)cc1. The Morgan fingerprint density at radius 1 is 0.469 bits per heavy atom. The van der Waals surface area contributed by atoms with Crippen molar-refractivity contribution in [3.63, 3.8) is 0 Å². The predicted octanol–water partition coefficient (Wildman–Crippen LogP) is 7.94. The molecule has 32 heavy (non-hydrogen) atoms.